The van der Waals surface area contributed by atoms with Crippen LogP contribution in [0.5, 0.6) is 11.5 Å². The van der Waals surface area contributed by atoms with Gasteiger partial charge < -0.3 is 19.0 Å². The Labute approximate surface area is 123 Å². The maximum absolute atomic E-state index is 11.0. The third-order valence-corrected chi connectivity index (χ3v) is 2.88. The molecule has 0 aliphatic rings. The van der Waals surface area contributed by atoms with Crippen molar-refractivity contribution < 1.29 is 23.8 Å². The minimum absolute atomic E-state index is 0.153. The highest BCUT2D eigenvalue weighted by Gasteiger charge is 2.14. The van der Waals surface area contributed by atoms with Gasteiger partial charge in [0.15, 0.2) is 11.5 Å². The van der Waals surface area contributed by atoms with Crippen molar-refractivity contribution in [1.82, 2.24) is 0 Å². The van der Waals surface area contributed by atoms with E-state index < -0.39 is 5.97 Å². The zero-order chi connectivity index (χ0) is 15.2. The van der Waals surface area contributed by atoms with E-state index >= 15 is 0 Å². The van der Waals surface area contributed by atoms with Crippen LogP contribution < -0.4 is 9.47 Å². The summed E-state index contributed by atoms with van der Waals surface area (Å²) in [5.41, 5.74) is 0.157. The molecule has 0 fully saturated rings. The van der Waals surface area contributed by atoms with Crippen LogP contribution >= 0.6 is 0 Å². The molecule has 5 nitrogen and oxygen atoms in total. The molecular weight excluding hydrogens is 272 g/mol. The molecule has 0 unspecified atom stereocenters. The third-order valence-electron chi connectivity index (χ3n) is 2.88. The Kier molecular flexibility index (Phi) is 4.87. The van der Waals surface area contributed by atoms with E-state index in [-0.39, 0.29) is 12.2 Å². The number of rotatable bonds is 7. The van der Waals surface area contributed by atoms with Gasteiger partial charge in [-0.05, 0) is 31.5 Å². The van der Waals surface area contributed by atoms with Gasteiger partial charge in [-0.3, -0.25) is 0 Å². The summed E-state index contributed by atoms with van der Waals surface area (Å²) in [4.78, 5) is 11.0. The Morgan fingerprint density at radius 3 is 2.48 bits per heavy atom. The SMILES string of the molecule is CCCOc1ccccc1OCc1cc(C(=O)O)c(C)o1. The Bertz CT molecular complexity index is 615. The molecule has 0 aliphatic carbocycles. The predicted molar refractivity (Wildman–Crippen MR) is 77.0 cm³/mol. The minimum atomic E-state index is -1.01. The van der Waals surface area contributed by atoms with Gasteiger partial charge in [-0.15, -0.1) is 0 Å². The number of hydrogen-bond donors (Lipinski definition) is 1. The topological polar surface area (TPSA) is 68.9 Å². The number of para-hydroxylation sites is 2. The molecule has 0 aliphatic heterocycles. The largest absolute Gasteiger partial charge is 0.490 e. The number of furan rings is 1. The summed E-state index contributed by atoms with van der Waals surface area (Å²) in [5, 5.41) is 8.98. The van der Waals surface area contributed by atoms with E-state index in [0.717, 1.165) is 6.42 Å². The van der Waals surface area contributed by atoms with Gasteiger partial charge in [-0.2, -0.15) is 0 Å². The van der Waals surface area contributed by atoms with E-state index in [1.54, 1.807) is 13.0 Å². The highest BCUT2D eigenvalue weighted by atomic mass is 16.5. The summed E-state index contributed by atoms with van der Waals surface area (Å²) in [7, 11) is 0. The number of benzene rings is 1. The number of hydrogen-bond acceptors (Lipinski definition) is 4. The summed E-state index contributed by atoms with van der Waals surface area (Å²) in [5.74, 6) is 1.11. The first-order valence-corrected chi connectivity index (χ1v) is 6.79. The van der Waals surface area contributed by atoms with E-state index in [0.29, 0.717) is 29.6 Å². The fraction of sp³-hybridized carbons (Fsp3) is 0.312. The second-order valence-electron chi connectivity index (χ2n) is 4.57. The first kappa shape index (κ1) is 15.0. The molecule has 0 bridgehead atoms. The molecule has 1 N–H and O–H groups in total. The number of ether oxygens (including phenoxy) is 2. The van der Waals surface area contributed by atoms with Crippen LogP contribution in [0.2, 0.25) is 0 Å². The third kappa shape index (κ3) is 3.78. The van der Waals surface area contributed by atoms with Crippen molar-refractivity contribution in [2.75, 3.05) is 6.61 Å². The van der Waals surface area contributed by atoms with Crippen LogP contribution in [0.15, 0.2) is 34.7 Å². The van der Waals surface area contributed by atoms with E-state index in [2.05, 4.69) is 0 Å². The molecule has 0 saturated heterocycles. The number of carboxylic acids is 1. The lowest BCUT2D eigenvalue weighted by Crippen LogP contribution is -2.00. The van der Waals surface area contributed by atoms with Gasteiger partial charge in [-0.25, -0.2) is 4.79 Å². The lowest BCUT2D eigenvalue weighted by molar-refractivity contribution is 0.0695. The molecule has 0 spiro atoms. The smallest absolute Gasteiger partial charge is 0.339 e. The molecule has 1 heterocycles. The Morgan fingerprint density at radius 1 is 1.24 bits per heavy atom. The second kappa shape index (κ2) is 6.83. The number of aromatic carboxylic acids is 1. The molecule has 0 radical (unpaired) electrons. The lowest BCUT2D eigenvalue weighted by Gasteiger charge is -2.11. The standard InChI is InChI=1S/C16H18O5/c1-3-8-19-14-6-4-5-7-15(14)20-10-12-9-13(16(17)18)11(2)21-12/h4-7,9H,3,8,10H2,1-2H3,(H,17,18). The molecule has 0 saturated carbocycles. The molecule has 0 amide bonds. The van der Waals surface area contributed by atoms with Crippen LogP contribution in [-0.2, 0) is 6.61 Å². The van der Waals surface area contributed by atoms with Crippen molar-refractivity contribution in [3.63, 3.8) is 0 Å². The van der Waals surface area contributed by atoms with Crippen molar-refractivity contribution in [2.45, 2.75) is 26.9 Å². The van der Waals surface area contributed by atoms with Crippen LogP contribution in [0, 0.1) is 6.92 Å². The monoisotopic (exact) mass is 290 g/mol. The van der Waals surface area contributed by atoms with Crippen LogP contribution in [0.25, 0.3) is 0 Å². The first-order chi connectivity index (χ1) is 10.1. The second-order valence-corrected chi connectivity index (χ2v) is 4.57. The van der Waals surface area contributed by atoms with Crippen molar-refractivity contribution in [2.24, 2.45) is 0 Å². The van der Waals surface area contributed by atoms with E-state index in [4.69, 9.17) is 19.0 Å². The van der Waals surface area contributed by atoms with Gasteiger partial charge in [-0.1, -0.05) is 19.1 Å². The van der Waals surface area contributed by atoms with Crippen molar-refractivity contribution in [1.29, 1.82) is 0 Å². The highest BCUT2D eigenvalue weighted by Crippen LogP contribution is 2.28. The molecule has 1 aromatic carbocycles. The molecule has 2 aromatic rings. The van der Waals surface area contributed by atoms with Gasteiger partial charge in [0.1, 0.15) is 23.7 Å². The maximum Gasteiger partial charge on any atom is 0.339 e. The molecule has 1 aromatic heterocycles. The number of carboxylic acid groups (broad SMARTS) is 1. The van der Waals surface area contributed by atoms with Crippen molar-refractivity contribution in [3.05, 3.63) is 47.4 Å². The maximum atomic E-state index is 11.0. The van der Waals surface area contributed by atoms with Crippen LogP contribution in [0.1, 0.15) is 35.2 Å². The average Bonchev–Trinajstić information content (AvgIpc) is 2.85. The van der Waals surface area contributed by atoms with E-state index in [9.17, 15) is 4.79 Å². The normalized spacial score (nSPS) is 10.4. The average molecular weight is 290 g/mol. The van der Waals surface area contributed by atoms with Crippen molar-refractivity contribution >= 4 is 5.97 Å². The Hall–Kier alpha value is -2.43. The van der Waals surface area contributed by atoms with Gasteiger partial charge in [0, 0.05) is 0 Å². The zero-order valence-electron chi connectivity index (χ0n) is 12.1. The van der Waals surface area contributed by atoms with Crippen LogP contribution in [-0.4, -0.2) is 17.7 Å². The van der Waals surface area contributed by atoms with Crippen LogP contribution in [0.3, 0.4) is 0 Å². The van der Waals surface area contributed by atoms with Gasteiger partial charge >= 0.3 is 5.97 Å². The molecule has 0 atom stereocenters. The number of carbonyl (C=O) groups is 1. The zero-order valence-corrected chi connectivity index (χ0v) is 12.1. The molecule has 2 rings (SSSR count). The van der Waals surface area contributed by atoms with E-state index in [1.807, 2.05) is 25.1 Å². The minimum Gasteiger partial charge on any atom is -0.490 e. The Morgan fingerprint density at radius 2 is 1.90 bits per heavy atom. The fourth-order valence-corrected chi connectivity index (χ4v) is 1.88. The van der Waals surface area contributed by atoms with Gasteiger partial charge in [0.25, 0.3) is 0 Å². The summed E-state index contributed by atoms with van der Waals surface area (Å²) < 4.78 is 16.6. The summed E-state index contributed by atoms with van der Waals surface area (Å²) >= 11 is 0. The fourth-order valence-electron chi connectivity index (χ4n) is 1.88. The first-order valence-electron chi connectivity index (χ1n) is 6.79. The molecule has 21 heavy (non-hydrogen) atoms. The summed E-state index contributed by atoms with van der Waals surface area (Å²) in [6.45, 7) is 4.41. The molecule has 5 heteroatoms. The van der Waals surface area contributed by atoms with Crippen molar-refractivity contribution in [3.8, 4) is 11.5 Å². The quantitative estimate of drug-likeness (QED) is 0.842. The highest BCUT2D eigenvalue weighted by molar-refractivity contribution is 5.88. The van der Waals surface area contributed by atoms with Gasteiger partial charge in [0.05, 0.1) is 6.61 Å². The van der Waals surface area contributed by atoms with Gasteiger partial charge in [0.2, 0.25) is 0 Å². The summed E-state index contributed by atoms with van der Waals surface area (Å²) in [6.07, 6.45) is 0.910. The predicted octanol–water partition coefficient (Wildman–Crippen LogP) is 3.65. The van der Waals surface area contributed by atoms with E-state index in [1.165, 1.54) is 6.07 Å². The Balaban J connectivity index is 2.06. The summed E-state index contributed by atoms with van der Waals surface area (Å²) in [6, 6.07) is 8.84. The molecule has 112 valence electrons. The number of aryl methyl sites for hydroxylation is 1. The van der Waals surface area contributed by atoms with Crippen LogP contribution in [0.4, 0.5) is 0 Å². The lowest BCUT2D eigenvalue weighted by atomic mass is 10.2. The molecular formula is C16H18O5.